The molecule has 128 valence electrons. The molecule has 0 spiro atoms. The van der Waals surface area contributed by atoms with Gasteiger partial charge in [-0.2, -0.15) is 5.10 Å². The van der Waals surface area contributed by atoms with Crippen molar-refractivity contribution < 1.29 is 19.1 Å². The van der Waals surface area contributed by atoms with Crippen molar-refractivity contribution in [2.75, 3.05) is 28.4 Å². The number of benzene rings is 1. The van der Waals surface area contributed by atoms with Crippen LogP contribution in [0, 0.1) is 6.92 Å². The zero-order valence-electron chi connectivity index (χ0n) is 14.2. The predicted octanol–water partition coefficient (Wildman–Crippen LogP) is 1.19. The van der Waals surface area contributed by atoms with Crippen molar-refractivity contribution in [3.63, 3.8) is 0 Å². The number of ether oxygens (including phenoxy) is 2. The summed E-state index contributed by atoms with van der Waals surface area (Å²) in [4.78, 5) is 29.4. The molecule has 2 rings (SSSR count). The number of rotatable bonds is 5. The van der Waals surface area contributed by atoms with Gasteiger partial charge in [0.05, 0.1) is 27.5 Å². The summed E-state index contributed by atoms with van der Waals surface area (Å²) < 4.78 is 11.8. The Morgan fingerprint density at radius 3 is 2.42 bits per heavy atom. The number of hydrogen-bond acceptors (Lipinski definition) is 6. The predicted molar refractivity (Wildman–Crippen MR) is 86.8 cm³/mol. The minimum absolute atomic E-state index is 0.0134. The van der Waals surface area contributed by atoms with Crippen LogP contribution in [-0.2, 0) is 4.84 Å². The number of aryl methyl sites for hydroxylation is 1. The molecule has 0 saturated carbocycles. The van der Waals surface area contributed by atoms with Crippen molar-refractivity contribution in [1.82, 2.24) is 14.8 Å². The highest BCUT2D eigenvalue weighted by Crippen LogP contribution is 2.24. The van der Waals surface area contributed by atoms with E-state index in [1.165, 1.54) is 39.3 Å². The lowest BCUT2D eigenvalue weighted by atomic mass is 10.2. The van der Waals surface area contributed by atoms with E-state index in [0.29, 0.717) is 11.4 Å². The van der Waals surface area contributed by atoms with Gasteiger partial charge in [0.1, 0.15) is 11.4 Å². The molecule has 0 aliphatic heterocycles. The Morgan fingerprint density at radius 1 is 1.17 bits per heavy atom. The van der Waals surface area contributed by atoms with Crippen LogP contribution in [0.15, 0.2) is 29.2 Å². The van der Waals surface area contributed by atoms with Gasteiger partial charge in [-0.3, -0.25) is 14.4 Å². The van der Waals surface area contributed by atoms with Crippen LogP contribution in [0.25, 0.3) is 5.69 Å². The third kappa shape index (κ3) is 3.23. The molecule has 8 nitrogen and oxygen atoms in total. The third-order valence-corrected chi connectivity index (χ3v) is 3.45. The maximum absolute atomic E-state index is 12.3. The maximum Gasteiger partial charge on any atom is 0.301 e. The number of hydroxylamine groups is 2. The van der Waals surface area contributed by atoms with Crippen LogP contribution in [0.2, 0.25) is 0 Å². The normalized spacial score (nSPS) is 10.4. The van der Waals surface area contributed by atoms with Crippen LogP contribution < -0.4 is 14.9 Å². The number of carbonyl (C=O) groups is 1. The molecule has 0 fully saturated rings. The summed E-state index contributed by atoms with van der Waals surface area (Å²) in [5, 5.41) is 5.05. The van der Waals surface area contributed by atoms with Gasteiger partial charge in [-0.1, -0.05) is 6.07 Å². The summed E-state index contributed by atoms with van der Waals surface area (Å²) in [6.45, 7) is 1.92. The molecule has 0 saturated heterocycles. The van der Waals surface area contributed by atoms with Crippen LogP contribution in [0.4, 0.5) is 0 Å². The Bertz CT molecular complexity index is 816. The second kappa shape index (κ2) is 7.14. The summed E-state index contributed by atoms with van der Waals surface area (Å²) in [6, 6.07) is 5.47. The Morgan fingerprint density at radius 2 is 1.83 bits per heavy atom. The van der Waals surface area contributed by atoms with Crippen molar-refractivity contribution in [2.45, 2.75) is 6.92 Å². The van der Waals surface area contributed by atoms with Crippen molar-refractivity contribution in [3.05, 3.63) is 45.9 Å². The Hall–Kier alpha value is -2.87. The molecule has 1 aromatic heterocycles. The summed E-state index contributed by atoms with van der Waals surface area (Å²) in [7, 11) is 5.59. The van der Waals surface area contributed by atoms with Crippen molar-refractivity contribution in [2.24, 2.45) is 0 Å². The Kier molecular flexibility index (Phi) is 5.20. The highest BCUT2D eigenvalue weighted by molar-refractivity contribution is 5.91. The summed E-state index contributed by atoms with van der Waals surface area (Å²) in [5.41, 5.74) is 0.629. The van der Waals surface area contributed by atoms with Gasteiger partial charge in [-0.05, 0) is 24.6 Å². The average molecular weight is 333 g/mol. The fourth-order valence-corrected chi connectivity index (χ4v) is 2.08. The quantitative estimate of drug-likeness (QED) is 0.765. The largest absolute Gasteiger partial charge is 0.494 e. The van der Waals surface area contributed by atoms with E-state index in [0.717, 1.165) is 10.6 Å². The second-order valence-corrected chi connectivity index (χ2v) is 4.98. The molecule has 0 aliphatic carbocycles. The van der Waals surface area contributed by atoms with E-state index < -0.39 is 11.3 Å². The number of nitrogens with zero attached hydrogens (tertiary/aromatic N) is 3. The Balaban J connectivity index is 2.69. The van der Waals surface area contributed by atoms with E-state index in [1.54, 1.807) is 6.07 Å². The van der Waals surface area contributed by atoms with Crippen LogP contribution in [0.3, 0.4) is 0 Å². The number of aromatic nitrogens is 2. The lowest BCUT2D eigenvalue weighted by molar-refractivity contribution is -0.0762. The standard InChI is InChI=1S/C16H19N3O5/c1-10-6-7-11(12(8-10)22-3)19-9-13(23-4)15(20)14(17-19)16(21)18(2)24-5/h6-9H,1-5H3. The van der Waals surface area contributed by atoms with Gasteiger partial charge in [0.15, 0.2) is 5.75 Å². The smallest absolute Gasteiger partial charge is 0.301 e. The lowest BCUT2D eigenvalue weighted by Gasteiger charge is -2.16. The zero-order valence-corrected chi connectivity index (χ0v) is 14.2. The monoisotopic (exact) mass is 333 g/mol. The van der Waals surface area contributed by atoms with Gasteiger partial charge in [0.2, 0.25) is 5.69 Å². The molecular formula is C16H19N3O5. The summed E-state index contributed by atoms with van der Waals surface area (Å²) >= 11 is 0. The SMILES string of the molecule is COc1cc(C)ccc1-n1cc(OC)c(=O)c(C(=O)N(C)OC)n1. The van der Waals surface area contributed by atoms with Crippen LogP contribution in [-0.4, -0.2) is 49.1 Å². The van der Waals surface area contributed by atoms with Crippen molar-refractivity contribution in [1.29, 1.82) is 0 Å². The average Bonchev–Trinajstić information content (AvgIpc) is 2.60. The molecular weight excluding hydrogens is 314 g/mol. The number of amides is 1. The molecule has 1 amide bonds. The molecule has 0 unspecified atom stereocenters. The number of hydrogen-bond donors (Lipinski definition) is 0. The number of methoxy groups -OCH3 is 2. The molecule has 8 heteroatoms. The first-order valence-electron chi connectivity index (χ1n) is 7.08. The third-order valence-electron chi connectivity index (χ3n) is 3.45. The highest BCUT2D eigenvalue weighted by Gasteiger charge is 2.22. The van der Waals surface area contributed by atoms with Gasteiger partial charge in [-0.25, -0.2) is 9.75 Å². The fourth-order valence-electron chi connectivity index (χ4n) is 2.08. The van der Waals surface area contributed by atoms with Gasteiger partial charge in [-0.15, -0.1) is 0 Å². The van der Waals surface area contributed by atoms with Crippen LogP contribution in [0.1, 0.15) is 16.1 Å². The van der Waals surface area contributed by atoms with Crippen LogP contribution >= 0.6 is 0 Å². The summed E-state index contributed by atoms with van der Waals surface area (Å²) in [5.74, 6) is -0.145. The van der Waals surface area contributed by atoms with Gasteiger partial charge in [0.25, 0.3) is 5.43 Å². The minimum Gasteiger partial charge on any atom is -0.494 e. The molecule has 0 bridgehead atoms. The van der Waals surface area contributed by atoms with E-state index >= 15 is 0 Å². The van der Waals surface area contributed by atoms with Gasteiger partial charge >= 0.3 is 5.91 Å². The van der Waals surface area contributed by atoms with Crippen molar-refractivity contribution in [3.8, 4) is 17.2 Å². The summed E-state index contributed by atoms with van der Waals surface area (Å²) in [6.07, 6.45) is 1.40. The Labute approximate surface area is 139 Å². The fraction of sp³-hybridized carbons (Fsp3) is 0.312. The first kappa shape index (κ1) is 17.5. The molecule has 0 N–H and O–H groups in total. The van der Waals surface area contributed by atoms with E-state index in [-0.39, 0.29) is 11.4 Å². The van der Waals surface area contributed by atoms with E-state index in [4.69, 9.17) is 14.3 Å². The molecule has 0 aliphatic rings. The molecule has 0 atom stereocenters. The maximum atomic E-state index is 12.3. The lowest BCUT2D eigenvalue weighted by Crippen LogP contribution is -2.33. The molecule has 2 aromatic rings. The van der Waals surface area contributed by atoms with E-state index in [1.807, 2.05) is 19.1 Å². The molecule has 1 aromatic carbocycles. The van der Waals surface area contributed by atoms with Gasteiger partial charge < -0.3 is 9.47 Å². The second-order valence-electron chi connectivity index (χ2n) is 4.98. The topological polar surface area (TPSA) is 82.9 Å². The van der Waals surface area contributed by atoms with E-state index in [9.17, 15) is 9.59 Å². The molecule has 0 radical (unpaired) electrons. The first-order chi connectivity index (χ1) is 11.4. The van der Waals surface area contributed by atoms with Gasteiger partial charge in [0, 0.05) is 7.05 Å². The highest BCUT2D eigenvalue weighted by atomic mass is 16.7. The van der Waals surface area contributed by atoms with Crippen molar-refractivity contribution >= 4 is 5.91 Å². The van der Waals surface area contributed by atoms with E-state index in [2.05, 4.69) is 5.10 Å². The minimum atomic E-state index is -0.679. The number of carbonyl (C=O) groups excluding carboxylic acids is 1. The first-order valence-corrected chi connectivity index (χ1v) is 7.08. The van der Waals surface area contributed by atoms with Crippen LogP contribution in [0.5, 0.6) is 11.5 Å². The molecule has 24 heavy (non-hydrogen) atoms. The zero-order chi connectivity index (χ0) is 17.9. The molecule has 1 heterocycles.